The second-order valence-corrected chi connectivity index (χ2v) is 9.60. The molecule has 5 N–H and O–H groups in total. The van der Waals surface area contributed by atoms with Crippen LogP contribution in [0, 0.1) is 0 Å². The van der Waals surface area contributed by atoms with Gasteiger partial charge >= 0.3 is 5.97 Å². The summed E-state index contributed by atoms with van der Waals surface area (Å²) < 4.78 is 32.6. The molecular weight excluding hydrogens is 486 g/mol. The Morgan fingerprint density at radius 3 is 2.11 bits per heavy atom. The molecule has 0 aliphatic carbocycles. The van der Waals surface area contributed by atoms with Gasteiger partial charge in [0.15, 0.2) is 5.76 Å². The van der Waals surface area contributed by atoms with Gasteiger partial charge in [-0.1, -0.05) is 42.5 Å². The maximum Gasteiger partial charge on any atom is 0.322 e. The number of anilines is 1. The number of carbonyl (C=O) groups excluding carboxylic acids is 2. The van der Waals surface area contributed by atoms with Crippen molar-refractivity contribution < 1.29 is 32.3 Å². The zero-order chi connectivity index (χ0) is 25.9. The van der Waals surface area contributed by atoms with E-state index in [2.05, 4.69) is 5.32 Å². The molecule has 0 fully saturated rings. The quantitative estimate of drug-likeness (QED) is 0.270. The van der Waals surface area contributed by atoms with Crippen LogP contribution in [0.4, 0.5) is 5.69 Å². The van der Waals surface area contributed by atoms with E-state index in [4.69, 9.17) is 15.3 Å². The molecule has 11 heteroatoms. The van der Waals surface area contributed by atoms with Crippen molar-refractivity contribution in [3.05, 3.63) is 84.6 Å². The van der Waals surface area contributed by atoms with Gasteiger partial charge < -0.3 is 20.6 Å². The first-order valence-corrected chi connectivity index (χ1v) is 12.1. The summed E-state index contributed by atoms with van der Waals surface area (Å²) in [4.78, 5) is 34.6. The second-order valence-electron chi connectivity index (χ2n) is 7.89. The van der Waals surface area contributed by atoms with Crippen molar-refractivity contribution in [3.63, 3.8) is 0 Å². The van der Waals surface area contributed by atoms with Gasteiger partial charge in [0.25, 0.3) is 5.91 Å². The number of sulfonamides is 1. The van der Waals surface area contributed by atoms with Gasteiger partial charge in [0.05, 0.1) is 11.3 Å². The third-order valence-electron chi connectivity index (χ3n) is 5.29. The van der Waals surface area contributed by atoms with Crippen LogP contribution in [0.15, 0.2) is 88.2 Å². The molecule has 184 valence electrons. The van der Waals surface area contributed by atoms with Gasteiger partial charge in [-0.05, 0) is 47.5 Å². The number of nitrogens with one attached hydrogen (secondary N) is 2. The number of benzene rings is 3. The molecule has 1 heterocycles. The molecule has 0 aliphatic heterocycles. The van der Waals surface area contributed by atoms with Gasteiger partial charge in [-0.15, -0.1) is 0 Å². The summed E-state index contributed by atoms with van der Waals surface area (Å²) in [5, 5.41) is 12.7. The van der Waals surface area contributed by atoms with Gasteiger partial charge in [0.1, 0.15) is 11.6 Å². The standard InChI is InChI=1S/C25H21N3O7S/c26-23(29)14-20(25(31)32)28-36(33,34)19-11-7-16(8-12-19)15-5-9-18(10-6-15)27-24(30)22-13-17-3-1-2-4-21(17)35-22/h1-13,20,28H,14H2,(H2,26,29)(H,27,30)(H,31,32)/t20-/m1/s1. The normalized spacial score (nSPS) is 12.2. The number of nitrogens with two attached hydrogens (primary N) is 1. The van der Waals surface area contributed by atoms with Crippen molar-refractivity contribution in [1.29, 1.82) is 0 Å². The molecule has 0 unspecified atom stereocenters. The molecule has 4 aromatic rings. The Balaban J connectivity index is 1.44. The van der Waals surface area contributed by atoms with Crippen LogP contribution in [0.1, 0.15) is 17.0 Å². The fourth-order valence-electron chi connectivity index (χ4n) is 3.49. The monoisotopic (exact) mass is 507 g/mol. The van der Waals surface area contributed by atoms with E-state index in [-0.39, 0.29) is 10.7 Å². The maximum absolute atomic E-state index is 12.5. The summed E-state index contributed by atoms with van der Waals surface area (Å²) in [6, 6.07) is 19.9. The van der Waals surface area contributed by atoms with Crippen LogP contribution in [0.3, 0.4) is 0 Å². The lowest BCUT2D eigenvalue weighted by Crippen LogP contribution is -2.43. The van der Waals surface area contributed by atoms with Crippen molar-refractivity contribution in [2.45, 2.75) is 17.4 Å². The third kappa shape index (κ3) is 5.59. The minimum Gasteiger partial charge on any atom is -0.480 e. The highest BCUT2D eigenvalue weighted by atomic mass is 32.2. The minimum absolute atomic E-state index is 0.170. The first kappa shape index (κ1) is 24.6. The number of carboxylic acids is 1. The second kappa shape index (κ2) is 10.0. The smallest absolute Gasteiger partial charge is 0.322 e. The minimum atomic E-state index is -4.20. The highest BCUT2D eigenvalue weighted by molar-refractivity contribution is 7.89. The van der Waals surface area contributed by atoms with Gasteiger partial charge in [0.2, 0.25) is 15.9 Å². The molecule has 0 radical (unpaired) electrons. The van der Waals surface area contributed by atoms with Crippen LogP contribution in [0.2, 0.25) is 0 Å². The molecule has 36 heavy (non-hydrogen) atoms. The van der Waals surface area contributed by atoms with E-state index in [0.717, 1.165) is 10.9 Å². The predicted molar refractivity (Wildman–Crippen MR) is 132 cm³/mol. The summed E-state index contributed by atoms with van der Waals surface area (Å²) in [6.07, 6.45) is -0.675. The molecule has 1 aromatic heterocycles. The Labute approximate surface area is 205 Å². The lowest BCUT2D eigenvalue weighted by atomic mass is 10.1. The molecule has 0 spiro atoms. The van der Waals surface area contributed by atoms with Gasteiger partial charge in [0, 0.05) is 11.1 Å². The van der Waals surface area contributed by atoms with Crippen LogP contribution in [-0.4, -0.2) is 37.3 Å². The van der Waals surface area contributed by atoms with E-state index in [1.165, 1.54) is 12.1 Å². The van der Waals surface area contributed by atoms with E-state index in [1.54, 1.807) is 48.5 Å². The number of hydrogen-bond donors (Lipinski definition) is 4. The Morgan fingerprint density at radius 1 is 0.917 bits per heavy atom. The largest absolute Gasteiger partial charge is 0.480 e. The topological polar surface area (TPSA) is 169 Å². The van der Waals surface area contributed by atoms with Crippen LogP contribution in [-0.2, 0) is 19.6 Å². The summed E-state index contributed by atoms with van der Waals surface area (Å²) >= 11 is 0. The van der Waals surface area contributed by atoms with E-state index in [0.29, 0.717) is 16.8 Å². The molecular formula is C25H21N3O7S. The summed E-state index contributed by atoms with van der Waals surface area (Å²) in [7, 11) is -4.20. The summed E-state index contributed by atoms with van der Waals surface area (Å²) in [5.41, 5.74) is 7.60. The number of fused-ring (bicyclic) bond motifs is 1. The lowest BCUT2D eigenvalue weighted by molar-refractivity contribution is -0.140. The Kier molecular flexibility index (Phi) is 6.86. The van der Waals surface area contributed by atoms with E-state index in [9.17, 15) is 22.8 Å². The van der Waals surface area contributed by atoms with Crippen LogP contribution in [0.25, 0.3) is 22.1 Å². The first-order valence-electron chi connectivity index (χ1n) is 10.7. The Hall–Kier alpha value is -4.48. The molecule has 0 aliphatic rings. The van der Waals surface area contributed by atoms with Gasteiger partial charge in [-0.25, -0.2) is 8.42 Å². The molecule has 2 amide bonds. The summed E-state index contributed by atoms with van der Waals surface area (Å²) in [6.45, 7) is 0. The number of para-hydroxylation sites is 1. The van der Waals surface area contributed by atoms with Crippen molar-refractivity contribution in [1.82, 2.24) is 4.72 Å². The highest BCUT2D eigenvalue weighted by Crippen LogP contribution is 2.24. The number of hydrogen-bond acceptors (Lipinski definition) is 6. The maximum atomic E-state index is 12.5. The molecule has 0 bridgehead atoms. The molecule has 1 atom stereocenters. The van der Waals surface area contributed by atoms with Crippen LogP contribution in [0.5, 0.6) is 0 Å². The van der Waals surface area contributed by atoms with Crippen molar-refractivity contribution in [2.24, 2.45) is 5.73 Å². The number of carboxylic acid groups (broad SMARTS) is 1. The fourth-order valence-corrected chi connectivity index (χ4v) is 4.68. The Morgan fingerprint density at radius 2 is 1.53 bits per heavy atom. The number of aliphatic carboxylic acids is 1. The average Bonchev–Trinajstić information content (AvgIpc) is 3.28. The van der Waals surface area contributed by atoms with E-state index < -0.39 is 40.3 Å². The highest BCUT2D eigenvalue weighted by Gasteiger charge is 2.27. The average molecular weight is 508 g/mol. The van der Waals surface area contributed by atoms with Crippen molar-refractivity contribution in [3.8, 4) is 11.1 Å². The number of rotatable bonds is 9. The SMILES string of the molecule is NC(=O)C[C@@H](NS(=O)(=O)c1ccc(-c2ccc(NC(=O)c3cc4ccccc4o3)cc2)cc1)C(=O)O. The molecule has 0 saturated heterocycles. The predicted octanol–water partition coefficient (Wildman–Crippen LogP) is 2.96. The molecule has 0 saturated carbocycles. The van der Waals surface area contributed by atoms with Crippen molar-refractivity contribution in [2.75, 3.05) is 5.32 Å². The van der Waals surface area contributed by atoms with Crippen LogP contribution < -0.4 is 15.8 Å². The van der Waals surface area contributed by atoms with E-state index >= 15 is 0 Å². The third-order valence-corrected chi connectivity index (χ3v) is 6.78. The number of primary amides is 1. The van der Waals surface area contributed by atoms with Crippen LogP contribution >= 0.6 is 0 Å². The van der Waals surface area contributed by atoms with E-state index in [1.807, 2.05) is 22.9 Å². The first-order chi connectivity index (χ1) is 17.1. The molecule has 10 nitrogen and oxygen atoms in total. The number of carbonyl (C=O) groups is 3. The summed E-state index contributed by atoms with van der Waals surface area (Å²) in [5.74, 6) is -2.66. The zero-order valence-corrected chi connectivity index (χ0v) is 19.5. The number of amides is 2. The fraction of sp³-hybridized carbons (Fsp3) is 0.0800. The lowest BCUT2D eigenvalue weighted by Gasteiger charge is -2.13. The Bertz CT molecular complexity index is 1510. The van der Waals surface area contributed by atoms with Crippen molar-refractivity contribution >= 4 is 44.5 Å². The van der Waals surface area contributed by atoms with Gasteiger partial charge in [-0.3, -0.25) is 14.4 Å². The molecule has 4 rings (SSSR count). The number of furan rings is 1. The van der Waals surface area contributed by atoms with Gasteiger partial charge in [-0.2, -0.15) is 4.72 Å². The zero-order valence-electron chi connectivity index (χ0n) is 18.7. The molecule has 3 aromatic carbocycles.